The predicted octanol–water partition coefficient (Wildman–Crippen LogP) is 5.98. The summed E-state index contributed by atoms with van der Waals surface area (Å²) in [5.74, 6) is -3.93. The average Bonchev–Trinajstić information content (AvgIpc) is 2.85. The van der Waals surface area contributed by atoms with Gasteiger partial charge in [0.15, 0.2) is 0 Å². The van der Waals surface area contributed by atoms with E-state index in [1.54, 1.807) is 19.1 Å². The number of amides is 1. The van der Waals surface area contributed by atoms with Crippen LogP contribution in [0.3, 0.4) is 0 Å². The number of pyridine rings is 1. The highest BCUT2D eigenvalue weighted by molar-refractivity contribution is 5.98. The summed E-state index contributed by atoms with van der Waals surface area (Å²) in [4.78, 5) is 19.9. The topological polar surface area (TPSA) is 97.3 Å². The van der Waals surface area contributed by atoms with Gasteiger partial charge in [-0.25, -0.2) is 8.78 Å². The lowest BCUT2D eigenvalue weighted by atomic mass is 9.98. The molecular formula is C29H43F2N5O. The van der Waals surface area contributed by atoms with Gasteiger partial charge in [0.05, 0.1) is 22.7 Å². The number of nitrogens with zero attached hydrogens (tertiary/aromatic N) is 2. The minimum Gasteiger partial charge on any atom is -0.404 e. The number of carbonyl (C=O) groups excluding carboxylic acids is 1. The van der Waals surface area contributed by atoms with Gasteiger partial charge >= 0.3 is 0 Å². The number of carbonyl (C=O) groups is 1. The van der Waals surface area contributed by atoms with E-state index in [0.29, 0.717) is 12.6 Å². The van der Waals surface area contributed by atoms with Crippen LogP contribution in [0.5, 0.6) is 0 Å². The Balaban J connectivity index is 3.44. The standard InChI is InChI=1S/C29H43F2N5O/c1-8-12-14-36(11-4)26-15-22(19-34-25(26)13-9-2)24(20(5)6)17-23(10-3)35-28(37)21(18-32)16-27(33)29(7,30)31/h10,15-19H,5,8-9,11-14,32-33H2,1-4,6-7H3,(H,35,37)/b21-18+,23-10+,24-17+,27-16-. The summed E-state index contributed by atoms with van der Waals surface area (Å²) in [5.41, 5.74) is 15.1. The molecule has 5 N–H and O–H groups in total. The van der Waals surface area contributed by atoms with Gasteiger partial charge < -0.3 is 21.7 Å². The molecule has 8 heteroatoms. The van der Waals surface area contributed by atoms with E-state index < -0.39 is 17.5 Å². The first kappa shape index (κ1) is 31.6. The molecule has 0 aliphatic rings. The Morgan fingerprint density at radius 2 is 1.92 bits per heavy atom. The van der Waals surface area contributed by atoms with E-state index in [0.717, 1.165) is 79.1 Å². The third kappa shape index (κ3) is 9.52. The van der Waals surface area contributed by atoms with Gasteiger partial charge in [-0.15, -0.1) is 0 Å². The van der Waals surface area contributed by atoms with Crippen LogP contribution in [0.1, 0.15) is 72.1 Å². The third-order valence-electron chi connectivity index (χ3n) is 5.84. The average molecular weight is 516 g/mol. The molecule has 1 aromatic rings. The number of nitrogens with two attached hydrogens (primary N) is 2. The fourth-order valence-corrected chi connectivity index (χ4v) is 3.62. The van der Waals surface area contributed by atoms with Crippen LogP contribution >= 0.6 is 0 Å². The first-order chi connectivity index (χ1) is 17.4. The second-order valence-corrected chi connectivity index (χ2v) is 9.02. The van der Waals surface area contributed by atoms with Crippen molar-refractivity contribution in [2.75, 3.05) is 18.0 Å². The Hall–Kier alpha value is -3.42. The van der Waals surface area contributed by atoms with Gasteiger partial charge in [0.2, 0.25) is 0 Å². The highest BCUT2D eigenvalue weighted by Gasteiger charge is 2.26. The van der Waals surface area contributed by atoms with E-state index in [-0.39, 0.29) is 5.57 Å². The lowest BCUT2D eigenvalue weighted by Gasteiger charge is -2.26. The van der Waals surface area contributed by atoms with E-state index in [1.165, 1.54) is 0 Å². The molecule has 204 valence electrons. The van der Waals surface area contributed by atoms with Gasteiger partial charge in [-0.05, 0) is 57.4 Å². The van der Waals surface area contributed by atoms with Gasteiger partial charge in [0.25, 0.3) is 11.8 Å². The number of nitrogens with one attached hydrogen (secondary N) is 1. The quantitative estimate of drug-likeness (QED) is 0.209. The third-order valence-corrected chi connectivity index (χ3v) is 5.84. The van der Waals surface area contributed by atoms with Crippen molar-refractivity contribution >= 4 is 17.2 Å². The maximum atomic E-state index is 13.5. The van der Waals surface area contributed by atoms with Crippen LogP contribution in [-0.2, 0) is 11.2 Å². The molecule has 0 atom stereocenters. The second kappa shape index (κ2) is 15.0. The Bertz CT molecular complexity index is 1060. The van der Waals surface area contributed by atoms with Crippen LogP contribution in [0, 0.1) is 0 Å². The molecule has 1 aromatic heterocycles. The number of halogens is 2. The van der Waals surface area contributed by atoms with Crippen molar-refractivity contribution in [3.05, 3.63) is 77.1 Å². The van der Waals surface area contributed by atoms with Crippen LogP contribution in [-0.4, -0.2) is 29.9 Å². The number of anilines is 1. The summed E-state index contributed by atoms with van der Waals surface area (Å²) in [7, 11) is 0. The first-order valence-electron chi connectivity index (χ1n) is 12.8. The van der Waals surface area contributed by atoms with Crippen LogP contribution in [0.15, 0.2) is 65.8 Å². The summed E-state index contributed by atoms with van der Waals surface area (Å²) in [5, 5.41) is 2.72. The molecule has 1 heterocycles. The molecule has 0 bridgehead atoms. The molecule has 1 amide bonds. The zero-order valence-electron chi connectivity index (χ0n) is 23.1. The molecule has 0 saturated carbocycles. The Morgan fingerprint density at radius 3 is 2.41 bits per heavy atom. The van der Waals surface area contributed by atoms with Crippen molar-refractivity contribution in [1.82, 2.24) is 10.3 Å². The molecule has 0 aromatic carbocycles. The molecule has 0 radical (unpaired) electrons. The molecule has 1 rings (SSSR count). The number of alkyl halides is 2. The van der Waals surface area contributed by atoms with Gasteiger partial charge in [0.1, 0.15) is 0 Å². The van der Waals surface area contributed by atoms with Crippen molar-refractivity contribution in [2.24, 2.45) is 11.5 Å². The lowest BCUT2D eigenvalue weighted by Crippen LogP contribution is -2.26. The maximum Gasteiger partial charge on any atom is 0.284 e. The zero-order valence-corrected chi connectivity index (χ0v) is 23.1. The van der Waals surface area contributed by atoms with E-state index >= 15 is 0 Å². The summed E-state index contributed by atoms with van der Waals surface area (Å²) in [6, 6.07) is 2.13. The minimum absolute atomic E-state index is 0.175. The number of aromatic nitrogens is 1. The van der Waals surface area contributed by atoms with E-state index in [9.17, 15) is 13.6 Å². The van der Waals surface area contributed by atoms with Crippen molar-refractivity contribution < 1.29 is 13.6 Å². The predicted molar refractivity (Wildman–Crippen MR) is 151 cm³/mol. The molecule has 0 aliphatic carbocycles. The number of unbranched alkanes of at least 4 members (excludes halogenated alkanes) is 1. The zero-order chi connectivity index (χ0) is 28.2. The van der Waals surface area contributed by atoms with Crippen LogP contribution in [0.4, 0.5) is 14.5 Å². The molecule has 0 unspecified atom stereocenters. The molecule has 0 saturated heterocycles. The smallest absolute Gasteiger partial charge is 0.284 e. The number of aryl methyl sites for hydroxylation is 1. The van der Waals surface area contributed by atoms with Crippen LogP contribution in [0.2, 0.25) is 0 Å². The fourth-order valence-electron chi connectivity index (χ4n) is 3.62. The lowest BCUT2D eigenvalue weighted by molar-refractivity contribution is -0.116. The maximum absolute atomic E-state index is 13.5. The van der Waals surface area contributed by atoms with Crippen molar-refractivity contribution in [3.63, 3.8) is 0 Å². The molecular weight excluding hydrogens is 472 g/mol. The van der Waals surface area contributed by atoms with E-state index in [4.69, 9.17) is 16.5 Å². The Morgan fingerprint density at radius 1 is 1.24 bits per heavy atom. The van der Waals surface area contributed by atoms with Gasteiger partial charge in [-0.3, -0.25) is 9.78 Å². The fraction of sp³-hybridized carbons (Fsp3) is 0.448. The molecule has 0 spiro atoms. The summed E-state index contributed by atoms with van der Waals surface area (Å²) in [6.45, 7) is 16.7. The summed E-state index contributed by atoms with van der Waals surface area (Å²) in [6.07, 6.45) is 11.2. The number of allylic oxidation sites excluding steroid dienone is 5. The summed E-state index contributed by atoms with van der Waals surface area (Å²) >= 11 is 0. The van der Waals surface area contributed by atoms with Gasteiger partial charge in [0, 0.05) is 43.7 Å². The van der Waals surface area contributed by atoms with Gasteiger partial charge in [-0.2, -0.15) is 0 Å². The van der Waals surface area contributed by atoms with Crippen molar-refractivity contribution in [3.8, 4) is 0 Å². The minimum atomic E-state index is -3.27. The molecule has 0 aliphatic heterocycles. The number of rotatable bonds is 14. The number of hydrogen-bond acceptors (Lipinski definition) is 5. The monoisotopic (exact) mass is 515 g/mol. The normalized spacial score (nSPS) is 13.5. The van der Waals surface area contributed by atoms with E-state index in [2.05, 4.69) is 43.6 Å². The van der Waals surface area contributed by atoms with Crippen molar-refractivity contribution in [1.29, 1.82) is 0 Å². The van der Waals surface area contributed by atoms with Crippen molar-refractivity contribution in [2.45, 2.75) is 73.1 Å². The molecule has 37 heavy (non-hydrogen) atoms. The number of hydrogen-bond donors (Lipinski definition) is 3. The largest absolute Gasteiger partial charge is 0.404 e. The first-order valence-corrected chi connectivity index (χ1v) is 12.8. The Labute approximate surface area is 220 Å². The second-order valence-electron chi connectivity index (χ2n) is 9.02. The van der Waals surface area contributed by atoms with Gasteiger partial charge in [-0.1, -0.05) is 44.9 Å². The highest BCUT2D eigenvalue weighted by atomic mass is 19.3. The van der Waals surface area contributed by atoms with E-state index in [1.807, 2.05) is 13.1 Å². The SMILES string of the molecule is C=C(C)/C(=C\C(=C/C)NC(=O)C(/C=C(\N)C(C)(F)F)=C/N)c1cnc(CCC)c(N(CC)CCCC)c1. The van der Waals surface area contributed by atoms with Crippen LogP contribution in [0.25, 0.3) is 5.57 Å². The van der Waals surface area contributed by atoms with Crippen LogP contribution < -0.4 is 21.7 Å². The molecule has 0 fully saturated rings. The summed E-state index contributed by atoms with van der Waals surface area (Å²) < 4.78 is 27.0. The Kier molecular flexibility index (Phi) is 12.8. The molecule has 6 nitrogen and oxygen atoms in total. The highest BCUT2D eigenvalue weighted by Crippen LogP contribution is 2.29.